The third kappa shape index (κ3) is 4.85. The first kappa shape index (κ1) is 13.5. The van der Waals surface area contributed by atoms with Crippen molar-refractivity contribution in [2.75, 3.05) is 5.75 Å². The summed E-state index contributed by atoms with van der Waals surface area (Å²) in [7, 11) is 1.79. The monoisotopic (exact) mass is 258 g/mol. The van der Waals surface area contributed by atoms with Gasteiger partial charge in [0.25, 0.3) is 0 Å². The number of hydrogen-bond acceptors (Lipinski definition) is 5. The van der Waals surface area contributed by atoms with Crippen LogP contribution >= 0.6 is 11.8 Å². The van der Waals surface area contributed by atoms with E-state index in [0.29, 0.717) is 24.3 Å². The zero-order valence-corrected chi connectivity index (χ0v) is 10.2. The lowest BCUT2D eigenvalue weighted by atomic mass is 10.2. The predicted octanol–water partition coefficient (Wildman–Crippen LogP) is -0.362. The number of aryl methyl sites for hydroxylation is 1. The minimum atomic E-state index is -1.02. The molecular weight excluding hydrogens is 244 g/mol. The van der Waals surface area contributed by atoms with Gasteiger partial charge in [0.15, 0.2) is 0 Å². The molecule has 94 valence electrons. The van der Waals surface area contributed by atoms with Gasteiger partial charge in [0.05, 0.1) is 5.69 Å². The molecule has 1 aromatic rings. The summed E-state index contributed by atoms with van der Waals surface area (Å²) in [6.45, 7) is 0. The molecule has 1 aromatic heterocycles. The van der Waals surface area contributed by atoms with E-state index >= 15 is 0 Å². The van der Waals surface area contributed by atoms with Crippen LogP contribution in [-0.4, -0.2) is 44.3 Å². The Kier molecular flexibility index (Phi) is 5.47. The Balaban J connectivity index is 2.22. The Morgan fingerprint density at radius 3 is 3.06 bits per heavy atom. The average Bonchev–Trinajstić information content (AvgIpc) is 2.68. The Morgan fingerprint density at radius 2 is 2.53 bits per heavy atom. The fourth-order valence-electron chi connectivity index (χ4n) is 1.20. The van der Waals surface area contributed by atoms with Crippen LogP contribution in [0.4, 0.5) is 0 Å². The number of aromatic nitrogens is 3. The second-order valence-corrected chi connectivity index (χ2v) is 4.51. The highest BCUT2D eigenvalue weighted by atomic mass is 32.2. The van der Waals surface area contributed by atoms with Gasteiger partial charge in [-0.3, -0.25) is 9.48 Å². The number of amides is 1. The highest BCUT2D eigenvalue weighted by Gasteiger charge is 2.15. The van der Waals surface area contributed by atoms with Crippen LogP contribution < -0.4 is 5.32 Å². The maximum absolute atomic E-state index is 10.7. The van der Waals surface area contributed by atoms with Crippen molar-refractivity contribution in [1.82, 2.24) is 20.3 Å². The Bertz CT molecular complexity index is 382. The van der Waals surface area contributed by atoms with Crippen molar-refractivity contribution in [3.05, 3.63) is 11.9 Å². The van der Waals surface area contributed by atoms with Crippen molar-refractivity contribution in [1.29, 1.82) is 0 Å². The predicted molar refractivity (Wildman–Crippen MR) is 62.4 cm³/mol. The molecule has 1 rings (SSSR count). The van der Waals surface area contributed by atoms with Crippen molar-refractivity contribution in [2.24, 2.45) is 7.05 Å². The number of carboxylic acids is 1. The van der Waals surface area contributed by atoms with Gasteiger partial charge < -0.3 is 10.4 Å². The molecule has 1 amide bonds. The van der Waals surface area contributed by atoms with Crippen LogP contribution in [0.15, 0.2) is 6.20 Å². The molecule has 1 heterocycles. The third-order valence-corrected chi connectivity index (χ3v) is 3.04. The van der Waals surface area contributed by atoms with E-state index in [0.717, 1.165) is 5.69 Å². The normalized spacial score (nSPS) is 12.1. The smallest absolute Gasteiger partial charge is 0.326 e. The van der Waals surface area contributed by atoms with E-state index in [9.17, 15) is 9.59 Å². The van der Waals surface area contributed by atoms with Crippen LogP contribution in [0.25, 0.3) is 0 Å². The molecule has 8 heteroatoms. The maximum Gasteiger partial charge on any atom is 0.326 e. The molecule has 17 heavy (non-hydrogen) atoms. The van der Waals surface area contributed by atoms with E-state index in [-0.39, 0.29) is 0 Å². The summed E-state index contributed by atoms with van der Waals surface area (Å²) < 4.78 is 1.61. The second kappa shape index (κ2) is 6.89. The average molecular weight is 258 g/mol. The van der Waals surface area contributed by atoms with Crippen molar-refractivity contribution >= 4 is 24.1 Å². The molecule has 1 unspecified atom stereocenters. The topological polar surface area (TPSA) is 97.1 Å². The van der Waals surface area contributed by atoms with Gasteiger partial charge in [-0.1, -0.05) is 5.21 Å². The number of nitrogens with one attached hydrogen (secondary N) is 1. The molecular formula is C9H14N4O3S. The van der Waals surface area contributed by atoms with Gasteiger partial charge in [0, 0.05) is 19.0 Å². The van der Waals surface area contributed by atoms with Crippen molar-refractivity contribution in [3.8, 4) is 0 Å². The molecule has 0 fully saturated rings. The lowest BCUT2D eigenvalue weighted by molar-refractivity contribution is -0.140. The summed E-state index contributed by atoms with van der Waals surface area (Å²) in [5.74, 6) is 0.299. The van der Waals surface area contributed by atoms with Crippen LogP contribution in [0.5, 0.6) is 0 Å². The number of rotatable bonds is 8. The maximum atomic E-state index is 10.7. The van der Waals surface area contributed by atoms with E-state index in [1.807, 2.05) is 6.20 Å². The number of thioether (sulfide) groups is 1. The molecule has 7 nitrogen and oxygen atoms in total. The second-order valence-electron chi connectivity index (χ2n) is 3.40. The number of hydrogen-bond donors (Lipinski definition) is 2. The number of nitrogens with zero attached hydrogens (tertiary/aromatic N) is 3. The zero-order valence-electron chi connectivity index (χ0n) is 9.37. The number of carbonyl (C=O) groups is 2. The minimum absolute atomic E-state index is 0.388. The molecule has 0 aliphatic carbocycles. The van der Waals surface area contributed by atoms with Crippen LogP contribution in [-0.2, 0) is 22.4 Å². The van der Waals surface area contributed by atoms with Crippen molar-refractivity contribution in [2.45, 2.75) is 18.2 Å². The molecule has 0 aromatic carbocycles. The fraction of sp³-hybridized carbons (Fsp3) is 0.556. The third-order valence-electron chi connectivity index (χ3n) is 2.02. The molecule has 0 saturated carbocycles. The van der Waals surface area contributed by atoms with E-state index in [1.54, 1.807) is 23.5 Å². The van der Waals surface area contributed by atoms with Crippen molar-refractivity contribution < 1.29 is 14.7 Å². The SMILES string of the molecule is Cn1cc(CSCCC(NC=O)C(=O)O)nn1. The Morgan fingerprint density at radius 1 is 1.76 bits per heavy atom. The summed E-state index contributed by atoms with van der Waals surface area (Å²) in [6, 6.07) is -0.818. The Hall–Kier alpha value is -1.57. The molecule has 0 saturated heterocycles. The summed E-state index contributed by atoms with van der Waals surface area (Å²) >= 11 is 1.56. The van der Waals surface area contributed by atoms with Crippen LogP contribution in [0.3, 0.4) is 0 Å². The van der Waals surface area contributed by atoms with Gasteiger partial charge in [-0.05, 0) is 12.2 Å². The van der Waals surface area contributed by atoms with E-state index in [2.05, 4.69) is 15.6 Å². The van der Waals surface area contributed by atoms with Crippen LogP contribution in [0, 0.1) is 0 Å². The number of carboxylic acid groups (broad SMARTS) is 1. The summed E-state index contributed by atoms with van der Waals surface area (Å²) in [5.41, 5.74) is 0.854. The molecule has 0 spiro atoms. The Labute approximate surface area is 103 Å². The molecule has 0 bridgehead atoms. The quantitative estimate of drug-likeness (QED) is 0.488. The van der Waals surface area contributed by atoms with Crippen LogP contribution in [0.1, 0.15) is 12.1 Å². The molecule has 1 atom stereocenters. The fourth-order valence-corrected chi connectivity index (χ4v) is 2.09. The van der Waals surface area contributed by atoms with E-state index in [4.69, 9.17) is 5.11 Å². The van der Waals surface area contributed by atoms with E-state index in [1.165, 1.54) is 0 Å². The largest absolute Gasteiger partial charge is 0.480 e. The molecule has 2 N–H and O–H groups in total. The highest BCUT2D eigenvalue weighted by Crippen LogP contribution is 2.11. The minimum Gasteiger partial charge on any atom is -0.480 e. The van der Waals surface area contributed by atoms with Gasteiger partial charge in [-0.2, -0.15) is 11.8 Å². The lowest BCUT2D eigenvalue weighted by Gasteiger charge is -2.09. The molecule has 0 aliphatic rings. The summed E-state index contributed by atoms with van der Waals surface area (Å²) in [5, 5.41) is 18.7. The van der Waals surface area contributed by atoms with Crippen LogP contribution in [0.2, 0.25) is 0 Å². The number of aliphatic carboxylic acids is 1. The number of carbonyl (C=O) groups excluding carboxylic acids is 1. The molecule has 0 aliphatic heterocycles. The lowest BCUT2D eigenvalue weighted by Crippen LogP contribution is -2.36. The standard InChI is InChI=1S/C9H14N4O3S/c1-13-4-7(11-12-13)5-17-3-2-8(9(15)16)10-6-14/h4,6,8H,2-3,5H2,1H3,(H,10,14)(H,15,16). The first-order valence-electron chi connectivity index (χ1n) is 4.99. The molecule has 0 radical (unpaired) electrons. The summed E-state index contributed by atoms with van der Waals surface area (Å²) in [4.78, 5) is 20.9. The van der Waals surface area contributed by atoms with Gasteiger partial charge in [-0.15, -0.1) is 5.10 Å². The highest BCUT2D eigenvalue weighted by molar-refractivity contribution is 7.98. The van der Waals surface area contributed by atoms with Crippen molar-refractivity contribution in [3.63, 3.8) is 0 Å². The first-order valence-corrected chi connectivity index (χ1v) is 6.14. The van der Waals surface area contributed by atoms with Gasteiger partial charge >= 0.3 is 5.97 Å². The van der Waals surface area contributed by atoms with Gasteiger partial charge in [0.2, 0.25) is 6.41 Å². The van der Waals surface area contributed by atoms with Gasteiger partial charge in [-0.25, -0.2) is 4.79 Å². The van der Waals surface area contributed by atoms with E-state index < -0.39 is 12.0 Å². The summed E-state index contributed by atoms with van der Waals surface area (Å²) in [6.07, 6.45) is 2.61. The zero-order chi connectivity index (χ0) is 12.7. The first-order chi connectivity index (χ1) is 8.13. The van der Waals surface area contributed by atoms with Gasteiger partial charge in [0.1, 0.15) is 6.04 Å².